The molecular weight excluding hydrogens is 411 g/mol. The van der Waals surface area contributed by atoms with Crippen molar-refractivity contribution >= 4 is 58.1 Å². The highest BCUT2D eigenvalue weighted by Crippen LogP contribution is 2.33. The van der Waals surface area contributed by atoms with Crippen molar-refractivity contribution in [2.75, 3.05) is 11.6 Å². The highest BCUT2D eigenvalue weighted by atomic mass is 35.5. The lowest BCUT2D eigenvalue weighted by atomic mass is 10.1. The summed E-state index contributed by atoms with van der Waals surface area (Å²) in [5.41, 5.74) is 2.19. The summed E-state index contributed by atoms with van der Waals surface area (Å²) in [7, 11) is 0. The first-order valence-corrected chi connectivity index (χ1v) is 9.72. The van der Waals surface area contributed by atoms with Crippen molar-refractivity contribution in [3.05, 3.63) is 63.1 Å². The van der Waals surface area contributed by atoms with Gasteiger partial charge in [-0.1, -0.05) is 58.7 Å². The average molecular weight is 422 g/mol. The molecule has 8 heteroatoms. The Morgan fingerprint density at radius 3 is 2.50 bits per heavy atom. The molecule has 0 saturated carbocycles. The zero-order chi connectivity index (χ0) is 18.7. The van der Waals surface area contributed by atoms with E-state index in [1.165, 1.54) is 11.8 Å². The number of hydrogen-bond donors (Lipinski definition) is 1. The molecule has 2 aromatic carbocycles. The third-order valence-electron chi connectivity index (χ3n) is 3.46. The van der Waals surface area contributed by atoms with Crippen LogP contribution in [0.3, 0.4) is 0 Å². The summed E-state index contributed by atoms with van der Waals surface area (Å²) >= 11 is 19.5. The van der Waals surface area contributed by atoms with Gasteiger partial charge in [-0.3, -0.25) is 0 Å². The van der Waals surface area contributed by atoms with Crippen LogP contribution < -0.4 is 5.32 Å². The third-order valence-corrected chi connectivity index (χ3v) is 4.99. The molecule has 130 valence electrons. The Morgan fingerprint density at radius 1 is 1.04 bits per heavy atom. The summed E-state index contributed by atoms with van der Waals surface area (Å²) in [6.07, 6.45) is 1.86. The van der Waals surface area contributed by atoms with Crippen LogP contribution in [0.5, 0.6) is 0 Å². The Bertz CT molecular complexity index is 1020. The first-order valence-electron chi connectivity index (χ1n) is 7.36. The predicted molar refractivity (Wildman–Crippen MR) is 109 cm³/mol. The monoisotopic (exact) mass is 420 g/mol. The third kappa shape index (κ3) is 4.05. The van der Waals surface area contributed by atoms with E-state index in [0.29, 0.717) is 42.9 Å². The number of nitrogens with one attached hydrogen (secondary N) is 1. The second kappa shape index (κ2) is 8.15. The average Bonchev–Trinajstić information content (AvgIpc) is 2.63. The SMILES string of the molecule is CSc1nc(Nc2cccc(Cl)c2)c(C#N)c(-c2ccc(Cl)c(Cl)c2)n1. The lowest BCUT2D eigenvalue weighted by Gasteiger charge is -2.13. The van der Waals surface area contributed by atoms with Crippen molar-refractivity contribution < 1.29 is 0 Å². The van der Waals surface area contributed by atoms with Crippen LogP contribution in [0.25, 0.3) is 11.3 Å². The van der Waals surface area contributed by atoms with Crippen molar-refractivity contribution in [3.63, 3.8) is 0 Å². The van der Waals surface area contributed by atoms with Gasteiger partial charge in [-0.2, -0.15) is 5.26 Å². The standard InChI is InChI=1S/C18H11Cl3N4S/c1-26-18-24-16(10-5-6-14(20)15(21)7-10)13(9-22)17(25-18)23-12-4-2-3-11(19)8-12/h2-8H,1H3,(H,23,24,25). The number of rotatable bonds is 4. The quantitative estimate of drug-likeness (QED) is 0.388. The summed E-state index contributed by atoms with van der Waals surface area (Å²) in [6, 6.07) is 14.5. The molecular formula is C18H11Cl3N4S. The number of aromatic nitrogens is 2. The molecule has 1 N–H and O–H groups in total. The molecule has 0 saturated heterocycles. The van der Waals surface area contributed by atoms with Gasteiger partial charge in [-0.05, 0) is 36.6 Å². The van der Waals surface area contributed by atoms with Gasteiger partial charge in [-0.25, -0.2) is 9.97 Å². The molecule has 0 aliphatic rings. The van der Waals surface area contributed by atoms with E-state index in [1.807, 2.05) is 18.4 Å². The van der Waals surface area contributed by atoms with Crippen molar-refractivity contribution in [1.29, 1.82) is 5.26 Å². The van der Waals surface area contributed by atoms with Gasteiger partial charge in [0.25, 0.3) is 0 Å². The lowest BCUT2D eigenvalue weighted by Crippen LogP contribution is -2.03. The van der Waals surface area contributed by atoms with Crippen LogP contribution in [0, 0.1) is 11.3 Å². The van der Waals surface area contributed by atoms with Crippen molar-refractivity contribution in [3.8, 4) is 17.3 Å². The normalized spacial score (nSPS) is 10.4. The van der Waals surface area contributed by atoms with Gasteiger partial charge in [-0.15, -0.1) is 0 Å². The fourth-order valence-electron chi connectivity index (χ4n) is 2.28. The van der Waals surface area contributed by atoms with Crippen LogP contribution in [0.4, 0.5) is 11.5 Å². The molecule has 0 bridgehead atoms. The van der Waals surface area contributed by atoms with E-state index in [9.17, 15) is 5.26 Å². The van der Waals surface area contributed by atoms with Crippen molar-refractivity contribution in [2.24, 2.45) is 0 Å². The molecule has 0 aliphatic carbocycles. The molecule has 0 spiro atoms. The second-order valence-electron chi connectivity index (χ2n) is 5.16. The minimum absolute atomic E-state index is 0.307. The zero-order valence-corrected chi connectivity index (χ0v) is 16.5. The van der Waals surface area contributed by atoms with Gasteiger partial charge >= 0.3 is 0 Å². The molecule has 1 aromatic heterocycles. The maximum Gasteiger partial charge on any atom is 0.189 e. The maximum absolute atomic E-state index is 9.72. The van der Waals surface area contributed by atoms with E-state index in [-0.39, 0.29) is 0 Å². The maximum atomic E-state index is 9.72. The summed E-state index contributed by atoms with van der Waals surface area (Å²) in [5.74, 6) is 0.398. The predicted octanol–water partition coefficient (Wildman–Crippen LogP) is 6.44. The molecule has 0 atom stereocenters. The molecule has 1 heterocycles. The Kier molecular flexibility index (Phi) is 5.90. The Morgan fingerprint density at radius 2 is 1.85 bits per heavy atom. The molecule has 26 heavy (non-hydrogen) atoms. The number of benzene rings is 2. The van der Waals surface area contributed by atoms with Gasteiger partial charge in [0.2, 0.25) is 0 Å². The zero-order valence-electron chi connectivity index (χ0n) is 13.4. The Labute approximate surface area is 170 Å². The molecule has 0 unspecified atom stereocenters. The van der Waals surface area contributed by atoms with E-state index < -0.39 is 0 Å². The van der Waals surface area contributed by atoms with Gasteiger partial charge in [0, 0.05) is 16.3 Å². The van der Waals surface area contributed by atoms with Crippen LogP contribution in [-0.2, 0) is 0 Å². The van der Waals surface area contributed by atoms with Gasteiger partial charge < -0.3 is 5.32 Å². The highest BCUT2D eigenvalue weighted by molar-refractivity contribution is 7.98. The molecule has 4 nitrogen and oxygen atoms in total. The molecule has 3 aromatic rings. The summed E-state index contributed by atoms with van der Waals surface area (Å²) in [6.45, 7) is 0. The molecule has 0 fully saturated rings. The van der Waals surface area contributed by atoms with Gasteiger partial charge in [0.15, 0.2) is 11.0 Å². The van der Waals surface area contributed by atoms with Crippen LogP contribution in [0.15, 0.2) is 47.6 Å². The van der Waals surface area contributed by atoms with E-state index in [4.69, 9.17) is 34.8 Å². The minimum Gasteiger partial charge on any atom is -0.339 e. The van der Waals surface area contributed by atoms with Crippen molar-refractivity contribution in [1.82, 2.24) is 9.97 Å². The number of nitriles is 1. The van der Waals surface area contributed by atoms with Crippen LogP contribution in [0.2, 0.25) is 15.1 Å². The smallest absolute Gasteiger partial charge is 0.189 e. The second-order valence-corrected chi connectivity index (χ2v) is 7.18. The topological polar surface area (TPSA) is 61.6 Å². The largest absolute Gasteiger partial charge is 0.339 e. The number of thioether (sulfide) groups is 1. The molecule has 0 radical (unpaired) electrons. The summed E-state index contributed by atoms with van der Waals surface area (Å²) in [4.78, 5) is 8.91. The first-order chi connectivity index (χ1) is 12.5. The molecule has 0 aliphatic heterocycles. The van der Waals surface area contributed by atoms with Crippen molar-refractivity contribution in [2.45, 2.75) is 5.16 Å². The van der Waals surface area contributed by atoms with Crippen LogP contribution in [0.1, 0.15) is 5.56 Å². The van der Waals surface area contributed by atoms with Gasteiger partial charge in [0.1, 0.15) is 11.6 Å². The van der Waals surface area contributed by atoms with E-state index in [2.05, 4.69) is 21.4 Å². The van der Waals surface area contributed by atoms with Crippen LogP contribution >= 0.6 is 46.6 Å². The Hall–Kier alpha value is -1.97. The first kappa shape index (κ1) is 18.8. The van der Waals surface area contributed by atoms with E-state index in [0.717, 1.165) is 5.69 Å². The lowest BCUT2D eigenvalue weighted by molar-refractivity contribution is 0.975. The minimum atomic E-state index is 0.307. The van der Waals surface area contributed by atoms with E-state index in [1.54, 1.807) is 30.3 Å². The highest BCUT2D eigenvalue weighted by Gasteiger charge is 2.17. The summed E-state index contributed by atoms with van der Waals surface area (Å²) < 4.78 is 0. The number of hydrogen-bond acceptors (Lipinski definition) is 5. The fraction of sp³-hybridized carbons (Fsp3) is 0.0556. The summed E-state index contributed by atoms with van der Waals surface area (Å²) in [5, 5.41) is 14.8. The van der Waals surface area contributed by atoms with Crippen LogP contribution in [-0.4, -0.2) is 16.2 Å². The Balaban J connectivity index is 2.15. The van der Waals surface area contributed by atoms with E-state index >= 15 is 0 Å². The number of nitrogens with zero attached hydrogens (tertiary/aromatic N) is 3. The van der Waals surface area contributed by atoms with Gasteiger partial charge in [0.05, 0.1) is 15.7 Å². The number of halogens is 3. The molecule has 0 amide bonds. The fourth-order valence-corrected chi connectivity index (χ4v) is 3.14. The number of anilines is 2. The molecule has 3 rings (SSSR count).